The maximum atomic E-state index is 8.94. The monoisotopic (exact) mass is 231 g/mol. The number of rotatable bonds is 2. The Kier molecular flexibility index (Phi) is 2.88. The van der Waals surface area contributed by atoms with Crippen molar-refractivity contribution in [1.82, 2.24) is 20.2 Å². The van der Waals surface area contributed by atoms with E-state index in [4.69, 9.17) is 5.26 Å². The van der Waals surface area contributed by atoms with E-state index in [-0.39, 0.29) is 0 Å². The Labute approximate surface area is 96.9 Å². The van der Waals surface area contributed by atoms with Crippen LogP contribution in [-0.2, 0) is 0 Å². The first-order valence-corrected chi connectivity index (χ1v) is 5.45. The summed E-state index contributed by atoms with van der Waals surface area (Å²) in [7, 11) is 0. The lowest BCUT2D eigenvalue weighted by Crippen LogP contribution is -1.90. The maximum absolute atomic E-state index is 8.94. The van der Waals surface area contributed by atoms with Gasteiger partial charge in [-0.1, -0.05) is 0 Å². The van der Waals surface area contributed by atoms with Crippen LogP contribution < -0.4 is 0 Å². The summed E-state index contributed by atoms with van der Waals surface area (Å²) in [6.07, 6.45) is 0. The highest BCUT2D eigenvalue weighted by atomic mass is 32.2. The predicted octanol–water partition coefficient (Wildman–Crippen LogP) is 1.84. The molecule has 0 spiro atoms. The smallest absolute Gasteiger partial charge is 0.214 e. The van der Waals surface area contributed by atoms with Crippen LogP contribution in [0.25, 0.3) is 0 Å². The molecule has 2 aromatic heterocycles. The number of hydrogen-bond acceptors (Lipinski definition) is 5. The largest absolute Gasteiger partial charge is 0.262 e. The predicted molar refractivity (Wildman–Crippen MR) is 58.9 cm³/mol. The van der Waals surface area contributed by atoms with Crippen molar-refractivity contribution in [2.75, 3.05) is 0 Å². The Morgan fingerprint density at radius 2 is 2.12 bits per heavy atom. The number of aromatic amines is 1. The van der Waals surface area contributed by atoms with Gasteiger partial charge in [-0.25, -0.2) is 9.97 Å². The van der Waals surface area contributed by atoms with E-state index in [1.807, 2.05) is 19.9 Å². The van der Waals surface area contributed by atoms with Crippen LogP contribution in [0.2, 0.25) is 0 Å². The second-order valence-corrected chi connectivity index (χ2v) is 4.18. The van der Waals surface area contributed by atoms with Crippen LogP contribution >= 0.6 is 11.8 Å². The molecule has 0 bridgehead atoms. The topological polar surface area (TPSA) is 78.2 Å². The molecule has 0 atom stereocenters. The first kappa shape index (κ1) is 10.6. The number of H-pyrrole nitrogens is 1. The highest BCUT2D eigenvalue weighted by molar-refractivity contribution is 7.99. The van der Waals surface area contributed by atoms with E-state index >= 15 is 0 Å². The Hall–Kier alpha value is -1.87. The third kappa shape index (κ3) is 2.20. The highest BCUT2D eigenvalue weighted by Gasteiger charge is 2.09. The number of nitrogens with one attached hydrogen (secondary N) is 1. The molecule has 0 saturated heterocycles. The van der Waals surface area contributed by atoms with Crippen LogP contribution in [0.3, 0.4) is 0 Å². The molecule has 0 aromatic carbocycles. The van der Waals surface area contributed by atoms with Gasteiger partial charge >= 0.3 is 0 Å². The first-order valence-electron chi connectivity index (χ1n) is 4.63. The molecule has 16 heavy (non-hydrogen) atoms. The van der Waals surface area contributed by atoms with Crippen LogP contribution in [0.1, 0.15) is 17.1 Å². The highest BCUT2D eigenvalue weighted by Crippen LogP contribution is 2.25. The van der Waals surface area contributed by atoms with E-state index in [2.05, 4.69) is 26.2 Å². The van der Waals surface area contributed by atoms with E-state index < -0.39 is 0 Å². The molecule has 2 heterocycles. The average Bonchev–Trinajstić information content (AvgIpc) is 2.64. The van der Waals surface area contributed by atoms with E-state index in [9.17, 15) is 0 Å². The molecular weight excluding hydrogens is 222 g/mol. The van der Waals surface area contributed by atoms with Crippen molar-refractivity contribution < 1.29 is 0 Å². The fraction of sp³-hybridized carbons (Fsp3) is 0.200. The molecule has 5 nitrogen and oxygen atoms in total. The van der Waals surface area contributed by atoms with E-state index in [1.165, 1.54) is 11.8 Å². The minimum absolute atomic E-state index is 0.540. The van der Waals surface area contributed by atoms with E-state index in [1.54, 1.807) is 6.07 Å². The average molecular weight is 231 g/mol. The van der Waals surface area contributed by atoms with Crippen molar-refractivity contribution in [1.29, 1.82) is 5.26 Å². The molecule has 2 rings (SSSR count). The molecule has 6 heteroatoms. The summed E-state index contributed by atoms with van der Waals surface area (Å²) in [4.78, 5) is 8.45. The molecule has 80 valence electrons. The standard InChI is InChI=1S/C10H9N5S/c1-6-3-4-8(5-11)9(12-6)16-10-13-7(2)14-15-10/h3-4H,1-2H3,(H,13,14,15). The zero-order valence-electron chi connectivity index (χ0n) is 8.85. The van der Waals surface area contributed by atoms with Crippen LogP contribution in [-0.4, -0.2) is 20.2 Å². The number of hydrogen-bond donors (Lipinski definition) is 1. The number of aromatic nitrogens is 4. The Morgan fingerprint density at radius 3 is 2.75 bits per heavy atom. The van der Waals surface area contributed by atoms with Crippen LogP contribution in [0, 0.1) is 25.2 Å². The Balaban J connectivity index is 2.34. The fourth-order valence-corrected chi connectivity index (χ4v) is 2.01. The maximum Gasteiger partial charge on any atom is 0.214 e. The van der Waals surface area contributed by atoms with Gasteiger partial charge in [0.05, 0.1) is 5.56 Å². The second kappa shape index (κ2) is 4.33. The minimum atomic E-state index is 0.540. The number of nitrogens with zero attached hydrogens (tertiary/aromatic N) is 4. The van der Waals surface area contributed by atoms with E-state index in [0.29, 0.717) is 15.7 Å². The SMILES string of the molecule is Cc1ccc(C#N)c(Sc2n[nH]c(C)n2)n1. The molecular formula is C10H9N5S. The summed E-state index contributed by atoms with van der Waals surface area (Å²) in [5.41, 5.74) is 1.41. The minimum Gasteiger partial charge on any atom is -0.262 e. The van der Waals surface area contributed by atoms with Gasteiger partial charge in [-0.2, -0.15) is 5.26 Å². The first-order chi connectivity index (χ1) is 7.69. The van der Waals surface area contributed by atoms with Gasteiger partial charge in [-0.05, 0) is 37.7 Å². The number of nitriles is 1. The van der Waals surface area contributed by atoms with Crippen LogP contribution in [0.15, 0.2) is 22.3 Å². The molecule has 0 aliphatic carbocycles. The summed E-state index contributed by atoms with van der Waals surface area (Å²) < 4.78 is 0. The molecule has 0 aliphatic rings. The molecule has 0 aliphatic heterocycles. The van der Waals surface area contributed by atoms with Crippen LogP contribution in [0.5, 0.6) is 0 Å². The van der Waals surface area contributed by atoms with Gasteiger partial charge in [0.2, 0.25) is 5.16 Å². The lowest BCUT2D eigenvalue weighted by Gasteiger charge is -2.00. The molecule has 0 amide bonds. The van der Waals surface area contributed by atoms with Crippen molar-refractivity contribution in [2.45, 2.75) is 24.0 Å². The lowest BCUT2D eigenvalue weighted by molar-refractivity contribution is 0.959. The molecule has 0 fully saturated rings. The summed E-state index contributed by atoms with van der Waals surface area (Å²) in [6, 6.07) is 5.67. The zero-order valence-corrected chi connectivity index (χ0v) is 9.67. The quantitative estimate of drug-likeness (QED) is 0.853. The summed E-state index contributed by atoms with van der Waals surface area (Å²) in [5.74, 6) is 0.744. The van der Waals surface area contributed by atoms with Crippen molar-refractivity contribution in [3.63, 3.8) is 0 Å². The third-order valence-electron chi connectivity index (χ3n) is 1.88. The van der Waals surface area contributed by atoms with Gasteiger partial charge in [0.25, 0.3) is 0 Å². The second-order valence-electron chi connectivity index (χ2n) is 3.22. The Morgan fingerprint density at radius 1 is 1.31 bits per heavy atom. The zero-order chi connectivity index (χ0) is 11.5. The number of aryl methyl sites for hydroxylation is 2. The number of pyridine rings is 1. The molecule has 1 N–H and O–H groups in total. The van der Waals surface area contributed by atoms with Crippen molar-refractivity contribution in [2.24, 2.45) is 0 Å². The lowest BCUT2D eigenvalue weighted by atomic mass is 10.3. The van der Waals surface area contributed by atoms with Gasteiger partial charge < -0.3 is 0 Å². The molecule has 0 radical (unpaired) electrons. The van der Waals surface area contributed by atoms with Gasteiger partial charge in [0.1, 0.15) is 16.9 Å². The Bertz CT molecular complexity index is 555. The van der Waals surface area contributed by atoms with Crippen molar-refractivity contribution in [3.8, 4) is 6.07 Å². The fourth-order valence-electron chi connectivity index (χ4n) is 1.15. The summed E-state index contributed by atoms with van der Waals surface area (Å²) >= 11 is 1.29. The van der Waals surface area contributed by atoms with Crippen molar-refractivity contribution >= 4 is 11.8 Å². The van der Waals surface area contributed by atoms with Gasteiger partial charge in [-0.3, -0.25) is 5.10 Å². The summed E-state index contributed by atoms with van der Waals surface area (Å²) in [6.45, 7) is 3.71. The van der Waals surface area contributed by atoms with Crippen molar-refractivity contribution in [3.05, 3.63) is 29.2 Å². The third-order valence-corrected chi connectivity index (χ3v) is 2.75. The van der Waals surface area contributed by atoms with Gasteiger partial charge in [0.15, 0.2) is 0 Å². The molecule has 0 unspecified atom stereocenters. The van der Waals surface area contributed by atoms with Crippen LogP contribution in [0.4, 0.5) is 0 Å². The van der Waals surface area contributed by atoms with Gasteiger partial charge in [-0.15, -0.1) is 5.10 Å². The molecule has 2 aromatic rings. The normalized spacial score (nSPS) is 10.1. The van der Waals surface area contributed by atoms with E-state index in [0.717, 1.165) is 11.5 Å². The van der Waals surface area contributed by atoms with Gasteiger partial charge in [0, 0.05) is 5.69 Å². The molecule has 0 saturated carbocycles. The summed E-state index contributed by atoms with van der Waals surface area (Å²) in [5, 5.41) is 16.9.